The molecule has 2 heterocycles. The van der Waals surface area contributed by atoms with E-state index in [-0.39, 0.29) is 5.91 Å². The van der Waals surface area contributed by atoms with Gasteiger partial charge in [0, 0.05) is 58.9 Å². The highest BCUT2D eigenvalue weighted by Gasteiger charge is 2.24. The summed E-state index contributed by atoms with van der Waals surface area (Å²) in [5, 5.41) is 6.18. The van der Waals surface area contributed by atoms with Crippen molar-refractivity contribution in [1.82, 2.24) is 4.90 Å². The number of fused-ring (bicyclic) bond motifs is 2. The van der Waals surface area contributed by atoms with Crippen molar-refractivity contribution in [2.75, 3.05) is 55.4 Å². The molecule has 0 aromatic heterocycles. The quantitative estimate of drug-likeness (QED) is 0.688. The van der Waals surface area contributed by atoms with Gasteiger partial charge < -0.3 is 20.0 Å². The predicted molar refractivity (Wildman–Crippen MR) is 130 cm³/mol. The summed E-state index contributed by atoms with van der Waals surface area (Å²) in [6, 6.07) is 20.2. The van der Waals surface area contributed by atoms with Crippen LogP contribution < -0.4 is 15.1 Å². The Bertz CT molecular complexity index is 1140. The average molecular weight is 415 g/mol. The number of hydrogen-bond donors (Lipinski definition) is 1. The largest absolute Gasteiger partial charge is 0.380 e. The summed E-state index contributed by atoms with van der Waals surface area (Å²) in [5.74, 6) is 0.159. The average Bonchev–Trinajstić information content (AvgIpc) is 3.24. The minimum atomic E-state index is 0.159. The van der Waals surface area contributed by atoms with Crippen LogP contribution in [0.15, 0.2) is 54.6 Å². The van der Waals surface area contributed by atoms with Gasteiger partial charge in [0.1, 0.15) is 0 Å². The zero-order chi connectivity index (χ0) is 21.5. The molecule has 1 atom stereocenters. The second-order valence-corrected chi connectivity index (χ2v) is 8.89. The number of nitrogens with zero attached hydrogens (tertiary/aromatic N) is 3. The van der Waals surface area contributed by atoms with Crippen molar-refractivity contribution in [2.24, 2.45) is 0 Å². The van der Waals surface area contributed by atoms with Crippen LogP contribution in [0.2, 0.25) is 0 Å². The lowest BCUT2D eigenvalue weighted by atomic mass is 9.96. The van der Waals surface area contributed by atoms with Crippen molar-refractivity contribution in [3.8, 4) is 11.1 Å². The molecule has 0 saturated carbocycles. The van der Waals surface area contributed by atoms with Crippen molar-refractivity contribution in [3.63, 3.8) is 0 Å². The van der Waals surface area contributed by atoms with Gasteiger partial charge in [0.15, 0.2) is 0 Å². The lowest BCUT2D eigenvalue weighted by Crippen LogP contribution is -2.36. The van der Waals surface area contributed by atoms with Gasteiger partial charge in [0.05, 0.1) is 11.4 Å². The maximum absolute atomic E-state index is 11.7. The number of benzene rings is 3. The summed E-state index contributed by atoms with van der Waals surface area (Å²) in [7, 11) is 4.34. The van der Waals surface area contributed by atoms with Gasteiger partial charge in [0.2, 0.25) is 5.91 Å². The molecular formula is C26H30N4O. The Morgan fingerprint density at radius 1 is 0.935 bits per heavy atom. The van der Waals surface area contributed by atoms with Crippen molar-refractivity contribution in [3.05, 3.63) is 54.6 Å². The first-order chi connectivity index (χ1) is 15.0. The number of anilines is 3. The Hall–Kier alpha value is -3.21. The van der Waals surface area contributed by atoms with Gasteiger partial charge in [-0.1, -0.05) is 30.3 Å². The maximum Gasteiger partial charge on any atom is 0.219 e. The summed E-state index contributed by atoms with van der Waals surface area (Å²) in [6.07, 6.45) is 0.984. The van der Waals surface area contributed by atoms with E-state index in [9.17, 15) is 4.79 Å². The second-order valence-electron chi connectivity index (χ2n) is 8.89. The lowest BCUT2D eigenvalue weighted by Gasteiger charge is -2.35. The molecule has 0 unspecified atom stereocenters. The third kappa shape index (κ3) is 3.69. The van der Waals surface area contributed by atoms with Crippen molar-refractivity contribution < 1.29 is 4.79 Å². The molecule has 5 rings (SSSR count). The molecule has 5 nitrogen and oxygen atoms in total. The first-order valence-electron chi connectivity index (χ1n) is 11.1. The van der Waals surface area contributed by atoms with Crippen LogP contribution in [0.1, 0.15) is 13.3 Å². The first kappa shape index (κ1) is 19.7. The van der Waals surface area contributed by atoms with Crippen molar-refractivity contribution in [1.29, 1.82) is 0 Å². The molecule has 1 N–H and O–H groups in total. The van der Waals surface area contributed by atoms with Crippen molar-refractivity contribution in [2.45, 2.75) is 19.4 Å². The summed E-state index contributed by atoms with van der Waals surface area (Å²) in [6.45, 7) is 5.33. The molecule has 2 aliphatic rings. The maximum atomic E-state index is 11.7. The highest BCUT2D eigenvalue weighted by atomic mass is 16.2. The molecule has 3 aromatic rings. The zero-order valence-electron chi connectivity index (χ0n) is 18.6. The van der Waals surface area contributed by atoms with Crippen LogP contribution >= 0.6 is 0 Å². The number of amides is 1. The summed E-state index contributed by atoms with van der Waals surface area (Å²) >= 11 is 0. The fraction of sp³-hybridized carbons (Fsp3) is 0.346. The van der Waals surface area contributed by atoms with Gasteiger partial charge in [-0.2, -0.15) is 0 Å². The van der Waals surface area contributed by atoms with E-state index in [2.05, 4.69) is 83.8 Å². The number of nitrogens with one attached hydrogen (secondary N) is 1. The van der Waals surface area contributed by atoms with Crippen molar-refractivity contribution >= 4 is 33.7 Å². The smallest absolute Gasteiger partial charge is 0.219 e. The molecule has 2 aliphatic heterocycles. The predicted octanol–water partition coefficient (Wildman–Crippen LogP) is 4.43. The number of rotatable bonds is 3. The topological polar surface area (TPSA) is 38.8 Å². The van der Waals surface area contributed by atoms with Gasteiger partial charge in [0.25, 0.3) is 0 Å². The van der Waals surface area contributed by atoms with Crippen LogP contribution in [0.5, 0.6) is 0 Å². The molecule has 0 radical (unpaired) electrons. The Labute approximate surface area is 184 Å². The fourth-order valence-electron chi connectivity index (χ4n) is 4.89. The Balaban J connectivity index is 1.54. The summed E-state index contributed by atoms with van der Waals surface area (Å²) in [4.78, 5) is 18.3. The molecular weight excluding hydrogens is 384 g/mol. The third-order valence-electron chi connectivity index (χ3n) is 6.75. The molecule has 0 bridgehead atoms. The van der Waals surface area contributed by atoms with Crippen LogP contribution in [0.25, 0.3) is 21.9 Å². The second kappa shape index (κ2) is 7.80. The third-order valence-corrected chi connectivity index (χ3v) is 6.75. The number of carbonyl (C=O) groups is 1. The molecule has 3 aromatic carbocycles. The van der Waals surface area contributed by atoms with E-state index in [4.69, 9.17) is 0 Å². The molecule has 160 valence electrons. The van der Waals surface area contributed by atoms with Crippen LogP contribution in [0.4, 0.5) is 17.1 Å². The molecule has 31 heavy (non-hydrogen) atoms. The van der Waals surface area contributed by atoms with E-state index in [0.29, 0.717) is 6.04 Å². The molecule has 1 amide bonds. The molecule has 0 aliphatic carbocycles. The van der Waals surface area contributed by atoms with Crippen LogP contribution in [-0.4, -0.2) is 57.1 Å². The highest BCUT2D eigenvalue weighted by Crippen LogP contribution is 2.39. The van der Waals surface area contributed by atoms with E-state index in [1.165, 1.54) is 33.3 Å². The lowest BCUT2D eigenvalue weighted by molar-refractivity contribution is -0.127. The molecule has 1 saturated heterocycles. The fourth-order valence-corrected chi connectivity index (χ4v) is 4.89. The molecule has 0 spiro atoms. The Kier molecular flexibility index (Phi) is 4.97. The highest BCUT2D eigenvalue weighted by molar-refractivity contribution is 6.00. The number of carbonyl (C=O) groups excluding carboxylic acids is 1. The molecule has 1 fully saturated rings. The number of likely N-dealkylation sites (tertiary alicyclic amines) is 1. The molecule has 5 heteroatoms. The normalized spacial score (nSPS) is 18.4. The standard InChI is InChI=1S/C26H30N4O/c1-18(31)30-11-10-21(17-30)27-22-14-19-6-4-5-7-23(19)24(16-22)20-8-9-25-26(15-20)29(3)13-12-28(25)2/h4-9,14-16,21,27H,10-13,17H2,1-3H3/t21-/m0/s1. The van der Waals surface area contributed by atoms with Crippen LogP contribution in [0, 0.1) is 0 Å². The van der Waals surface area contributed by atoms with E-state index < -0.39 is 0 Å². The van der Waals surface area contributed by atoms with Gasteiger partial charge in [-0.05, 0) is 52.6 Å². The summed E-state index contributed by atoms with van der Waals surface area (Å²) < 4.78 is 0. The Morgan fingerprint density at radius 3 is 2.48 bits per heavy atom. The Morgan fingerprint density at radius 2 is 1.71 bits per heavy atom. The van der Waals surface area contributed by atoms with Crippen LogP contribution in [-0.2, 0) is 4.79 Å². The monoisotopic (exact) mass is 414 g/mol. The first-order valence-corrected chi connectivity index (χ1v) is 11.1. The van der Waals surface area contributed by atoms with Crippen LogP contribution in [0.3, 0.4) is 0 Å². The zero-order valence-corrected chi connectivity index (χ0v) is 18.6. The SMILES string of the molecule is CC(=O)N1CC[C@H](Nc2cc(-c3ccc4c(c3)N(C)CCN4C)c3ccccc3c2)C1. The van der Waals surface area contributed by atoms with Gasteiger partial charge >= 0.3 is 0 Å². The van der Waals surface area contributed by atoms with E-state index in [1.807, 2.05) is 4.90 Å². The van der Waals surface area contributed by atoms with E-state index in [1.54, 1.807) is 6.92 Å². The number of likely N-dealkylation sites (N-methyl/N-ethyl adjacent to an activating group) is 2. The van der Waals surface area contributed by atoms with E-state index in [0.717, 1.165) is 38.3 Å². The van der Waals surface area contributed by atoms with Gasteiger partial charge in [-0.3, -0.25) is 4.79 Å². The number of hydrogen-bond acceptors (Lipinski definition) is 4. The van der Waals surface area contributed by atoms with E-state index >= 15 is 0 Å². The van der Waals surface area contributed by atoms with Gasteiger partial charge in [-0.15, -0.1) is 0 Å². The van der Waals surface area contributed by atoms with Gasteiger partial charge in [-0.25, -0.2) is 0 Å². The minimum absolute atomic E-state index is 0.159. The minimum Gasteiger partial charge on any atom is -0.380 e. The summed E-state index contributed by atoms with van der Waals surface area (Å²) in [5.41, 5.74) is 6.16.